The van der Waals surface area contributed by atoms with Gasteiger partial charge in [0.25, 0.3) is 0 Å². The molecule has 0 radical (unpaired) electrons. The Labute approximate surface area is 260 Å². The zero-order chi connectivity index (χ0) is 31.4. The summed E-state index contributed by atoms with van der Waals surface area (Å²) in [4.78, 5) is 31.1. The summed E-state index contributed by atoms with van der Waals surface area (Å²) in [5, 5.41) is 20.7. The lowest BCUT2D eigenvalue weighted by Crippen LogP contribution is -2.23. The van der Waals surface area contributed by atoms with Crippen LogP contribution < -0.4 is 16.3 Å². The largest absolute Gasteiger partial charge is 0.324 e. The molecule has 5 rings (SSSR count). The average Bonchev–Trinajstić information content (AvgIpc) is 3.67. The smallest absolute Gasteiger partial charge is 0.161 e. The van der Waals surface area contributed by atoms with Gasteiger partial charge in [0.15, 0.2) is 11.7 Å². The van der Waals surface area contributed by atoms with Crippen molar-refractivity contribution >= 4 is 46.4 Å². The van der Waals surface area contributed by atoms with Crippen LogP contribution in [0.25, 0.3) is 0 Å². The first-order valence-electron chi connectivity index (χ1n) is 16.7. The maximum atomic E-state index is 8.76. The Balaban J connectivity index is 1.92. The van der Waals surface area contributed by atoms with Crippen LogP contribution in [0.2, 0.25) is 0 Å². The lowest BCUT2D eigenvalue weighted by Gasteiger charge is -2.05. The molecule has 234 valence electrons. The van der Waals surface area contributed by atoms with Gasteiger partial charge >= 0.3 is 0 Å². The van der Waals surface area contributed by atoms with Crippen LogP contribution >= 0.6 is 0 Å². The number of H-pyrrole nitrogens is 3. The molecule has 3 aromatic rings. The topological polar surface area (TPSA) is 157 Å². The molecule has 3 aromatic heterocycles. The van der Waals surface area contributed by atoms with Gasteiger partial charge in [0.1, 0.15) is 45.7 Å². The zero-order valence-electron chi connectivity index (χ0n) is 27.3. The molecule has 0 unspecified atom stereocenters. The van der Waals surface area contributed by atoms with Crippen molar-refractivity contribution in [3.8, 4) is 0 Å². The molecular formula is C34H48N10. The van der Waals surface area contributed by atoms with Gasteiger partial charge < -0.3 is 20.3 Å². The van der Waals surface area contributed by atoms with Crippen LogP contribution in [0.5, 0.6) is 0 Å². The highest BCUT2D eigenvalue weighted by Gasteiger charge is 2.30. The quantitative estimate of drug-likeness (QED) is 0.131. The summed E-state index contributed by atoms with van der Waals surface area (Å²) in [6.07, 6.45) is 11.2. The molecule has 10 heteroatoms. The highest BCUT2D eigenvalue weighted by molar-refractivity contribution is 6.87. The van der Waals surface area contributed by atoms with Crippen molar-refractivity contribution in [2.24, 2.45) is 20.0 Å². The number of fused-ring (bicyclic) bond motifs is 8. The molecule has 1 fully saturated rings. The predicted octanol–water partition coefficient (Wildman–Crippen LogP) is 7.00. The standard InChI is InChI=1S/C34H48N10/c1-7-13-19-20(14-8-2)28-37-27(19)38-29-21(15-9-3)23(17-11-5)31(40-29)42-33-25(35)26(36)34(44-33)43-32-24(18-12-6)22(16-10-4)30(39-28)41-32/h35-36,40-41H,7-18H2,1-6H3,(H,37,38,39)(H,42,43,44). The maximum absolute atomic E-state index is 8.76. The number of amidine groups is 2. The van der Waals surface area contributed by atoms with E-state index in [9.17, 15) is 0 Å². The van der Waals surface area contributed by atoms with Gasteiger partial charge in [-0.1, -0.05) is 80.1 Å². The van der Waals surface area contributed by atoms with Gasteiger partial charge in [0.2, 0.25) is 0 Å². The summed E-state index contributed by atoms with van der Waals surface area (Å²) >= 11 is 0. The molecule has 2 aliphatic heterocycles. The van der Waals surface area contributed by atoms with E-state index in [-0.39, 0.29) is 11.4 Å². The van der Waals surface area contributed by atoms with Crippen LogP contribution in [-0.4, -0.2) is 38.0 Å². The third kappa shape index (κ3) is 5.86. The molecule has 6 N–H and O–H groups in total. The van der Waals surface area contributed by atoms with E-state index < -0.39 is 0 Å². The maximum Gasteiger partial charge on any atom is 0.161 e. The molecule has 0 atom stereocenters. The van der Waals surface area contributed by atoms with Crippen molar-refractivity contribution in [2.45, 2.75) is 119 Å². The van der Waals surface area contributed by atoms with Crippen molar-refractivity contribution in [2.75, 3.05) is 0 Å². The highest BCUT2D eigenvalue weighted by Crippen LogP contribution is 2.35. The molecule has 0 aromatic carbocycles. The monoisotopic (exact) mass is 596 g/mol. The van der Waals surface area contributed by atoms with Crippen LogP contribution in [0.15, 0.2) is 20.0 Å². The van der Waals surface area contributed by atoms with Crippen molar-refractivity contribution in [1.82, 2.24) is 20.3 Å². The fourth-order valence-corrected chi connectivity index (χ4v) is 6.42. The minimum Gasteiger partial charge on any atom is -0.324 e. The van der Waals surface area contributed by atoms with Crippen LogP contribution in [0.3, 0.4) is 0 Å². The summed E-state index contributed by atoms with van der Waals surface area (Å²) < 4.78 is 0. The summed E-state index contributed by atoms with van der Waals surface area (Å²) in [5.74, 6) is 3.67. The SMILES string of the molecule is CCCc1c2[nH]c(c1CCC)N=c1[nH]c(c(CCC)c1CCC)=Nc1[nH]c(c(CCC)c1CCC)N=C1NC(=N2)C(=N)C1=N. The number of aromatic amines is 3. The summed E-state index contributed by atoms with van der Waals surface area (Å²) in [6, 6.07) is 0. The average molecular weight is 597 g/mol. The van der Waals surface area contributed by atoms with Gasteiger partial charge in [0.05, 0.1) is 0 Å². The van der Waals surface area contributed by atoms with E-state index in [1.165, 1.54) is 22.3 Å². The first-order chi connectivity index (χ1) is 21.4. The second kappa shape index (κ2) is 13.7. The Kier molecular flexibility index (Phi) is 9.76. The van der Waals surface area contributed by atoms with Gasteiger partial charge in [-0.25, -0.2) is 20.0 Å². The normalized spacial score (nSPS) is 14.3. The number of nitrogens with zero attached hydrogens (tertiary/aromatic N) is 4. The van der Waals surface area contributed by atoms with E-state index in [2.05, 4.69) is 61.8 Å². The van der Waals surface area contributed by atoms with Gasteiger partial charge in [-0.3, -0.25) is 10.8 Å². The first-order valence-corrected chi connectivity index (χ1v) is 16.7. The zero-order valence-corrected chi connectivity index (χ0v) is 27.3. The van der Waals surface area contributed by atoms with E-state index in [0.717, 1.165) is 111 Å². The Morgan fingerprint density at radius 3 is 1.02 bits per heavy atom. The van der Waals surface area contributed by atoms with Crippen molar-refractivity contribution in [3.63, 3.8) is 0 Å². The number of aliphatic imine (C=N–C) groups is 2. The third-order valence-electron chi connectivity index (χ3n) is 8.37. The summed E-state index contributed by atoms with van der Waals surface area (Å²) in [5.41, 5.74) is 8.83. The second-order valence-electron chi connectivity index (χ2n) is 11.9. The highest BCUT2D eigenvalue weighted by atomic mass is 15.2. The van der Waals surface area contributed by atoms with Crippen molar-refractivity contribution in [3.05, 3.63) is 44.4 Å². The number of hydrogen-bond donors (Lipinski definition) is 6. The van der Waals surface area contributed by atoms with Gasteiger partial charge in [-0.2, -0.15) is 0 Å². The molecule has 0 spiro atoms. The van der Waals surface area contributed by atoms with E-state index in [0.29, 0.717) is 23.3 Å². The summed E-state index contributed by atoms with van der Waals surface area (Å²) in [6.45, 7) is 13.1. The van der Waals surface area contributed by atoms with Crippen LogP contribution in [0.4, 0.5) is 23.3 Å². The molecule has 0 amide bonds. The predicted molar refractivity (Wildman–Crippen MR) is 181 cm³/mol. The van der Waals surface area contributed by atoms with E-state index in [4.69, 9.17) is 30.8 Å². The molecule has 0 saturated carbocycles. The third-order valence-corrected chi connectivity index (χ3v) is 8.37. The summed E-state index contributed by atoms with van der Waals surface area (Å²) in [7, 11) is 0. The number of nitrogens with one attached hydrogen (secondary N) is 6. The van der Waals surface area contributed by atoms with E-state index in [1.54, 1.807) is 0 Å². The lowest BCUT2D eigenvalue weighted by atomic mass is 10.0. The Morgan fingerprint density at radius 1 is 0.409 bits per heavy atom. The van der Waals surface area contributed by atoms with Crippen LogP contribution in [0.1, 0.15) is 113 Å². The fourth-order valence-electron chi connectivity index (χ4n) is 6.42. The second-order valence-corrected chi connectivity index (χ2v) is 11.9. The number of rotatable bonds is 12. The van der Waals surface area contributed by atoms with E-state index in [1.807, 2.05) is 0 Å². The molecule has 8 bridgehead atoms. The van der Waals surface area contributed by atoms with Gasteiger partial charge in [-0.05, 0) is 38.5 Å². The minimum absolute atomic E-state index is 0.0333. The fraction of sp³-hybridized carbons (Fsp3) is 0.529. The Hall–Kier alpha value is -4.08. The molecule has 10 nitrogen and oxygen atoms in total. The Bertz CT molecular complexity index is 1620. The van der Waals surface area contributed by atoms with Gasteiger partial charge in [-0.15, -0.1) is 0 Å². The lowest BCUT2D eigenvalue weighted by molar-refractivity contribution is 0.851. The molecular weight excluding hydrogens is 548 g/mol. The first kappa shape index (κ1) is 31.3. The molecule has 5 heterocycles. The van der Waals surface area contributed by atoms with Crippen LogP contribution in [0, 0.1) is 10.8 Å². The number of aromatic nitrogens is 3. The molecule has 0 aliphatic carbocycles. The minimum atomic E-state index is 0.0333. The van der Waals surface area contributed by atoms with E-state index >= 15 is 0 Å². The van der Waals surface area contributed by atoms with Crippen molar-refractivity contribution < 1.29 is 0 Å². The number of hydrogen-bond acceptors (Lipinski definition) is 7. The molecule has 44 heavy (non-hydrogen) atoms. The molecule has 1 saturated heterocycles. The van der Waals surface area contributed by atoms with Crippen LogP contribution in [-0.2, 0) is 38.5 Å². The van der Waals surface area contributed by atoms with Crippen molar-refractivity contribution in [1.29, 1.82) is 10.8 Å². The van der Waals surface area contributed by atoms with Gasteiger partial charge in [0, 0.05) is 33.4 Å². The molecule has 2 aliphatic rings. The Morgan fingerprint density at radius 2 is 0.705 bits per heavy atom.